The van der Waals surface area contributed by atoms with Crippen molar-refractivity contribution in [3.63, 3.8) is 0 Å². The first-order valence-corrected chi connectivity index (χ1v) is 6.31. The molecule has 1 fully saturated rings. The van der Waals surface area contributed by atoms with Gasteiger partial charge < -0.3 is 15.5 Å². The molecule has 0 spiro atoms. The van der Waals surface area contributed by atoms with Crippen molar-refractivity contribution in [3.05, 3.63) is 0 Å². The first-order chi connectivity index (χ1) is 7.13. The summed E-state index contributed by atoms with van der Waals surface area (Å²) in [6, 6.07) is 1.05. The van der Waals surface area contributed by atoms with Gasteiger partial charge in [-0.05, 0) is 52.9 Å². The van der Waals surface area contributed by atoms with Crippen molar-refractivity contribution in [2.45, 2.75) is 45.2 Å². The maximum atomic E-state index is 5.82. The molecule has 0 aliphatic carbocycles. The molecule has 1 atom stereocenters. The Kier molecular flexibility index (Phi) is 5.58. The van der Waals surface area contributed by atoms with Gasteiger partial charge in [0, 0.05) is 18.6 Å². The molecule has 0 aromatic heterocycles. The van der Waals surface area contributed by atoms with Crippen molar-refractivity contribution in [2.75, 3.05) is 33.2 Å². The molecule has 15 heavy (non-hydrogen) atoms. The van der Waals surface area contributed by atoms with Crippen molar-refractivity contribution >= 4 is 0 Å². The minimum absolute atomic E-state index is 0.295. The summed E-state index contributed by atoms with van der Waals surface area (Å²) >= 11 is 0. The monoisotopic (exact) mass is 213 g/mol. The predicted octanol–water partition coefficient (Wildman–Crippen LogP) is 1.14. The lowest BCUT2D eigenvalue weighted by molar-refractivity contribution is 0.124. The van der Waals surface area contributed by atoms with Crippen LogP contribution in [-0.2, 0) is 0 Å². The topological polar surface area (TPSA) is 32.5 Å². The van der Waals surface area contributed by atoms with E-state index in [1.54, 1.807) is 0 Å². The quantitative estimate of drug-likeness (QED) is 0.743. The van der Waals surface area contributed by atoms with Crippen molar-refractivity contribution in [2.24, 2.45) is 5.73 Å². The molecule has 1 aliphatic rings. The molecule has 0 aromatic carbocycles. The lowest BCUT2D eigenvalue weighted by atomic mass is 10.0. The number of likely N-dealkylation sites (tertiary alicyclic amines) is 1. The Morgan fingerprint density at radius 1 is 1.40 bits per heavy atom. The summed E-state index contributed by atoms with van der Waals surface area (Å²) in [5, 5.41) is 0. The van der Waals surface area contributed by atoms with Gasteiger partial charge in [-0.3, -0.25) is 0 Å². The van der Waals surface area contributed by atoms with Crippen LogP contribution in [0.1, 0.15) is 33.1 Å². The highest BCUT2D eigenvalue weighted by atomic mass is 15.2. The van der Waals surface area contributed by atoms with Gasteiger partial charge in [0.25, 0.3) is 0 Å². The molecule has 3 heteroatoms. The van der Waals surface area contributed by atoms with E-state index >= 15 is 0 Å². The minimum Gasteiger partial charge on any atom is -0.327 e. The fraction of sp³-hybridized carbons (Fsp3) is 1.00. The second-order valence-electron chi connectivity index (χ2n) is 4.99. The zero-order valence-electron chi connectivity index (χ0n) is 10.6. The normalized spacial score (nSPS) is 22.2. The van der Waals surface area contributed by atoms with E-state index in [1.165, 1.54) is 38.9 Å². The van der Waals surface area contributed by atoms with Gasteiger partial charge in [0.05, 0.1) is 0 Å². The average molecular weight is 213 g/mol. The van der Waals surface area contributed by atoms with E-state index in [1.807, 2.05) is 0 Å². The van der Waals surface area contributed by atoms with Crippen LogP contribution in [0, 0.1) is 0 Å². The Labute approximate surface area is 94.6 Å². The van der Waals surface area contributed by atoms with Crippen molar-refractivity contribution in [1.29, 1.82) is 0 Å². The van der Waals surface area contributed by atoms with Gasteiger partial charge in [-0.15, -0.1) is 0 Å². The van der Waals surface area contributed by atoms with Crippen molar-refractivity contribution in [3.8, 4) is 0 Å². The zero-order chi connectivity index (χ0) is 11.3. The maximum Gasteiger partial charge on any atom is 0.0139 e. The van der Waals surface area contributed by atoms with Crippen LogP contribution in [-0.4, -0.2) is 55.1 Å². The van der Waals surface area contributed by atoms with Crippen LogP contribution < -0.4 is 5.73 Å². The molecular weight excluding hydrogens is 186 g/mol. The fourth-order valence-electron chi connectivity index (χ4n) is 2.50. The van der Waals surface area contributed by atoms with Crippen molar-refractivity contribution in [1.82, 2.24) is 9.80 Å². The van der Waals surface area contributed by atoms with E-state index in [4.69, 9.17) is 5.73 Å². The van der Waals surface area contributed by atoms with Crippen LogP contribution in [0.2, 0.25) is 0 Å². The van der Waals surface area contributed by atoms with Crippen molar-refractivity contribution < 1.29 is 0 Å². The molecular formula is C12H27N3. The van der Waals surface area contributed by atoms with Gasteiger partial charge in [-0.1, -0.05) is 6.92 Å². The largest absolute Gasteiger partial charge is 0.327 e. The van der Waals surface area contributed by atoms with Gasteiger partial charge in [0.15, 0.2) is 0 Å². The highest BCUT2D eigenvalue weighted by Crippen LogP contribution is 2.15. The highest BCUT2D eigenvalue weighted by molar-refractivity contribution is 4.79. The van der Waals surface area contributed by atoms with Crippen LogP contribution in [0.3, 0.4) is 0 Å². The first-order valence-electron chi connectivity index (χ1n) is 6.31. The SMILES string of the molecule is CCCN1CCC(N(C)CC(C)N)CC1. The highest BCUT2D eigenvalue weighted by Gasteiger charge is 2.21. The Bertz CT molecular complexity index is 162. The third-order valence-electron chi connectivity index (χ3n) is 3.30. The molecule has 1 rings (SSSR count). The summed E-state index contributed by atoms with van der Waals surface area (Å²) in [4.78, 5) is 5.02. The zero-order valence-corrected chi connectivity index (χ0v) is 10.6. The lowest BCUT2D eigenvalue weighted by Gasteiger charge is -2.37. The van der Waals surface area contributed by atoms with Gasteiger partial charge >= 0.3 is 0 Å². The second-order valence-corrected chi connectivity index (χ2v) is 4.99. The number of nitrogens with two attached hydrogens (primary N) is 1. The molecule has 1 unspecified atom stereocenters. The number of hydrogen-bond acceptors (Lipinski definition) is 3. The molecule has 1 heterocycles. The number of rotatable bonds is 5. The molecule has 0 saturated carbocycles. The Morgan fingerprint density at radius 3 is 2.47 bits per heavy atom. The van der Waals surface area contributed by atoms with E-state index < -0.39 is 0 Å². The summed E-state index contributed by atoms with van der Waals surface area (Å²) in [5.74, 6) is 0. The van der Waals surface area contributed by atoms with E-state index in [0.717, 1.165) is 12.6 Å². The second kappa shape index (κ2) is 6.46. The fourth-order valence-corrected chi connectivity index (χ4v) is 2.50. The summed E-state index contributed by atoms with van der Waals surface area (Å²) in [6.45, 7) is 9.17. The third-order valence-corrected chi connectivity index (χ3v) is 3.30. The van der Waals surface area contributed by atoms with Crippen LogP contribution in [0.5, 0.6) is 0 Å². The lowest BCUT2D eigenvalue weighted by Crippen LogP contribution is -2.46. The molecule has 1 saturated heterocycles. The number of nitrogens with zero attached hydrogens (tertiary/aromatic N) is 2. The molecule has 0 bridgehead atoms. The van der Waals surface area contributed by atoms with E-state index in [0.29, 0.717) is 6.04 Å². The maximum absolute atomic E-state index is 5.82. The van der Waals surface area contributed by atoms with Crippen LogP contribution in [0.25, 0.3) is 0 Å². The minimum atomic E-state index is 0.295. The summed E-state index contributed by atoms with van der Waals surface area (Å²) in [6.07, 6.45) is 3.90. The van der Waals surface area contributed by atoms with Crippen LogP contribution in [0.15, 0.2) is 0 Å². The Hall–Kier alpha value is -0.120. The predicted molar refractivity (Wildman–Crippen MR) is 66.0 cm³/mol. The summed E-state index contributed by atoms with van der Waals surface area (Å²) in [5.41, 5.74) is 5.82. The van der Waals surface area contributed by atoms with Crippen LogP contribution in [0.4, 0.5) is 0 Å². The molecule has 3 nitrogen and oxygen atoms in total. The number of likely N-dealkylation sites (N-methyl/N-ethyl adjacent to an activating group) is 1. The van der Waals surface area contributed by atoms with E-state index in [-0.39, 0.29) is 0 Å². The van der Waals surface area contributed by atoms with E-state index in [9.17, 15) is 0 Å². The molecule has 0 radical (unpaired) electrons. The molecule has 90 valence electrons. The molecule has 0 amide bonds. The van der Waals surface area contributed by atoms with E-state index in [2.05, 4.69) is 30.7 Å². The molecule has 0 aromatic rings. The first kappa shape index (κ1) is 12.9. The van der Waals surface area contributed by atoms with Gasteiger partial charge in [-0.25, -0.2) is 0 Å². The number of hydrogen-bond donors (Lipinski definition) is 1. The Balaban J connectivity index is 2.24. The van der Waals surface area contributed by atoms with Crippen LogP contribution >= 0.6 is 0 Å². The standard InChI is InChI=1S/C12H27N3/c1-4-7-15-8-5-12(6-9-15)14(3)10-11(2)13/h11-12H,4-10,13H2,1-3H3. The number of piperidine rings is 1. The summed E-state index contributed by atoms with van der Waals surface area (Å²) < 4.78 is 0. The van der Waals surface area contributed by atoms with Gasteiger partial charge in [0.2, 0.25) is 0 Å². The molecule has 1 aliphatic heterocycles. The third kappa shape index (κ3) is 4.49. The van der Waals surface area contributed by atoms with Gasteiger partial charge in [0.1, 0.15) is 0 Å². The average Bonchev–Trinajstić information content (AvgIpc) is 2.18. The summed E-state index contributed by atoms with van der Waals surface area (Å²) in [7, 11) is 2.21. The Morgan fingerprint density at radius 2 is 2.00 bits per heavy atom. The smallest absolute Gasteiger partial charge is 0.0139 e. The molecule has 2 N–H and O–H groups in total. The van der Waals surface area contributed by atoms with Gasteiger partial charge in [-0.2, -0.15) is 0 Å².